The van der Waals surface area contributed by atoms with Gasteiger partial charge in [-0.15, -0.1) is 0 Å². The maximum atomic E-state index is 12.1. The number of hydrogen-bond donors (Lipinski definition) is 1. The molecule has 0 saturated heterocycles. The predicted molar refractivity (Wildman–Crippen MR) is 56.9 cm³/mol. The fourth-order valence-electron chi connectivity index (χ4n) is 1.39. The summed E-state index contributed by atoms with van der Waals surface area (Å²) in [6, 6.07) is 6.97. The molecular weight excluding hydrogens is 219 g/mol. The minimum absolute atomic E-state index is 0.0435. The second-order valence-electron chi connectivity index (χ2n) is 3.35. The van der Waals surface area contributed by atoms with Crippen LogP contribution in [0.5, 0.6) is 0 Å². The largest absolute Gasteiger partial charge is 0.481 e. The molecule has 0 aliphatic heterocycles. The number of carboxylic acid groups (broad SMARTS) is 1. The molecule has 2 nitrogen and oxygen atoms in total. The van der Waals surface area contributed by atoms with Crippen molar-refractivity contribution in [2.24, 2.45) is 5.92 Å². The molecule has 0 aromatic heterocycles. The summed E-state index contributed by atoms with van der Waals surface area (Å²) in [5.74, 6) is -1.64. The van der Waals surface area contributed by atoms with Crippen LogP contribution >= 0.6 is 11.6 Å². The van der Waals surface area contributed by atoms with Crippen LogP contribution in [0.2, 0.25) is 5.02 Å². The molecular formula is C11H12ClFO2. The van der Waals surface area contributed by atoms with Gasteiger partial charge >= 0.3 is 5.97 Å². The Bertz CT molecular complexity index is 341. The van der Waals surface area contributed by atoms with E-state index in [-0.39, 0.29) is 6.42 Å². The van der Waals surface area contributed by atoms with E-state index in [2.05, 4.69) is 0 Å². The van der Waals surface area contributed by atoms with Crippen LogP contribution in [0.3, 0.4) is 0 Å². The fraction of sp³-hybridized carbons (Fsp3) is 0.364. The van der Waals surface area contributed by atoms with Gasteiger partial charge in [-0.05, 0) is 30.5 Å². The second-order valence-corrected chi connectivity index (χ2v) is 3.78. The summed E-state index contributed by atoms with van der Waals surface area (Å²) >= 11 is 5.76. The van der Waals surface area contributed by atoms with Gasteiger partial charge in [0.05, 0.1) is 12.6 Å². The highest BCUT2D eigenvalue weighted by atomic mass is 35.5. The van der Waals surface area contributed by atoms with Crippen LogP contribution in [-0.4, -0.2) is 17.8 Å². The lowest BCUT2D eigenvalue weighted by Crippen LogP contribution is -2.17. The molecule has 1 unspecified atom stereocenters. The second kappa shape index (κ2) is 5.71. The third kappa shape index (κ3) is 3.88. The van der Waals surface area contributed by atoms with E-state index in [9.17, 15) is 9.18 Å². The summed E-state index contributed by atoms with van der Waals surface area (Å²) in [6.07, 6.45) is 0.363. The number of hydrogen-bond acceptors (Lipinski definition) is 1. The van der Waals surface area contributed by atoms with Gasteiger partial charge in [-0.3, -0.25) is 9.18 Å². The summed E-state index contributed by atoms with van der Waals surface area (Å²) in [6.45, 7) is -0.614. The molecule has 0 saturated carbocycles. The third-order valence-corrected chi connectivity index (χ3v) is 2.41. The number of alkyl halides is 1. The first-order valence-corrected chi connectivity index (χ1v) is 5.04. The molecule has 82 valence electrons. The third-order valence-electron chi connectivity index (χ3n) is 2.18. The Labute approximate surface area is 92.7 Å². The first-order chi connectivity index (χ1) is 7.13. The van der Waals surface area contributed by atoms with Crippen molar-refractivity contribution in [3.63, 3.8) is 0 Å². The Morgan fingerprint density at radius 1 is 1.53 bits per heavy atom. The van der Waals surface area contributed by atoms with Gasteiger partial charge in [-0.2, -0.15) is 0 Å². The molecule has 1 aromatic rings. The summed E-state index contributed by atoms with van der Waals surface area (Å²) in [5, 5.41) is 9.40. The van der Waals surface area contributed by atoms with Crippen LogP contribution in [0.25, 0.3) is 0 Å². The first kappa shape index (κ1) is 12.0. The summed E-state index contributed by atoms with van der Waals surface area (Å²) in [4.78, 5) is 10.8. The molecule has 0 aliphatic carbocycles. The highest BCUT2D eigenvalue weighted by Crippen LogP contribution is 2.16. The van der Waals surface area contributed by atoms with Gasteiger partial charge in [0.25, 0.3) is 0 Å². The summed E-state index contributed by atoms with van der Waals surface area (Å²) in [5.41, 5.74) is 0.823. The maximum Gasteiger partial charge on any atom is 0.306 e. The molecule has 0 amide bonds. The molecule has 0 heterocycles. The SMILES string of the molecule is O=C(O)C(CCF)Cc1cccc(Cl)c1. The van der Waals surface area contributed by atoms with Gasteiger partial charge in [0.15, 0.2) is 0 Å². The minimum atomic E-state index is -0.965. The monoisotopic (exact) mass is 230 g/mol. The summed E-state index contributed by atoms with van der Waals surface area (Å²) < 4.78 is 12.1. The van der Waals surface area contributed by atoms with Crippen molar-refractivity contribution in [3.05, 3.63) is 34.9 Å². The van der Waals surface area contributed by atoms with Crippen LogP contribution in [0.1, 0.15) is 12.0 Å². The van der Waals surface area contributed by atoms with Crippen LogP contribution in [-0.2, 0) is 11.2 Å². The average molecular weight is 231 g/mol. The highest BCUT2D eigenvalue weighted by molar-refractivity contribution is 6.30. The van der Waals surface area contributed by atoms with Crippen molar-refractivity contribution < 1.29 is 14.3 Å². The van der Waals surface area contributed by atoms with E-state index in [1.165, 1.54) is 0 Å². The van der Waals surface area contributed by atoms with Crippen molar-refractivity contribution in [1.82, 2.24) is 0 Å². The van der Waals surface area contributed by atoms with E-state index < -0.39 is 18.6 Å². The molecule has 1 atom stereocenters. The smallest absolute Gasteiger partial charge is 0.306 e. The molecule has 1 aromatic carbocycles. The van der Waals surface area contributed by atoms with Crippen LogP contribution in [0, 0.1) is 5.92 Å². The van der Waals surface area contributed by atoms with Crippen molar-refractivity contribution >= 4 is 17.6 Å². The van der Waals surface area contributed by atoms with Crippen LogP contribution in [0.4, 0.5) is 4.39 Å². The Morgan fingerprint density at radius 2 is 2.27 bits per heavy atom. The quantitative estimate of drug-likeness (QED) is 0.845. The number of halogens is 2. The van der Waals surface area contributed by atoms with Crippen molar-refractivity contribution in [2.45, 2.75) is 12.8 Å². The highest BCUT2D eigenvalue weighted by Gasteiger charge is 2.17. The van der Waals surface area contributed by atoms with Gasteiger partial charge < -0.3 is 5.11 Å². The molecule has 0 spiro atoms. The van der Waals surface area contributed by atoms with Gasteiger partial charge in [-0.1, -0.05) is 23.7 Å². The standard InChI is InChI=1S/C11H12ClFO2/c12-10-3-1-2-8(7-10)6-9(4-5-13)11(14)15/h1-3,7,9H,4-6H2,(H,14,15). The Balaban J connectivity index is 2.69. The van der Waals surface area contributed by atoms with Crippen molar-refractivity contribution in [3.8, 4) is 0 Å². The van der Waals surface area contributed by atoms with E-state index in [0.717, 1.165) is 5.56 Å². The van der Waals surface area contributed by atoms with E-state index in [1.807, 2.05) is 0 Å². The Kier molecular flexibility index (Phi) is 4.56. The van der Waals surface area contributed by atoms with Crippen LogP contribution < -0.4 is 0 Å². The molecule has 1 N–H and O–H groups in total. The number of aliphatic carboxylic acids is 1. The fourth-order valence-corrected chi connectivity index (χ4v) is 1.61. The number of carbonyl (C=O) groups is 1. The van der Waals surface area contributed by atoms with Gasteiger partial charge in [-0.25, -0.2) is 0 Å². The lowest BCUT2D eigenvalue weighted by atomic mass is 9.97. The molecule has 0 fully saturated rings. The summed E-state index contributed by atoms with van der Waals surface area (Å²) in [7, 11) is 0. The molecule has 1 rings (SSSR count). The number of benzene rings is 1. The first-order valence-electron chi connectivity index (χ1n) is 4.66. The molecule has 15 heavy (non-hydrogen) atoms. The lowest BCUT2D eigenvalue weighted by molar-refractivity contribution is -0.142. The van der Waals surface area contributed by atoms with Gasteiger partial charge in [0.1, 0.15) is 0 Å². The minimum Gasteiger partial charge on any atom is -0.481 e. The zero-order chi connectivity index (χ0) is 11.3. The van der Waals surface area contributed by atoms with Crippen molar-refractivity contribution in [2.75, 3.05) is 6.67 Å². The van der Waals surface area contributed by atoms with Crippen LogP contribution in [0.15, 0.2) is 24.3 Å². The Morgan fingerprint density at radius 3 is 2.80 bits per heavy atom. The normalized spacial score (nSPS) is 12.4. The number of carboxylic acids is 1. The maximum absolute atomic E-state index is 12.1. The van der Waals surface area contributed by atoms with Gasteiger partial charge in [0, 0.05) is 5.02 Å². The van der Waals surface area contributed by atoms with Crippen molar-refractivity contribution in [1.29, 1.82) is 0 Å². The lowest BCUT2D eigenvalue weighted by Gasteiger charge is -2.10. The Hall–Kier alpha value is -1.09. The topological polar surface area (TPSA) is 37.3 Å². The van der Waals surface area contributed by atoms with E-state index in [4.69, 9.17) is 16.7 Å². The molecule has 4 heteroatoms. The molecule has 0 radical (unpaired) electrons. The van der Waals surface area contributed by atoms with E-state index >= 15 is 0 Å². The van der Waals surface area contributed by atoms with E-state index in [1.54, 1.807) is 24.3 Å². The molecule has 0 bridgehead atoms. The number of rotatable bonds is 5. The molecule has 0 aliphatic rings. The van der Waals surface area contributed by atoms with E-state index in [0.29, 0.717) is 11.4 Å². The van der Waals surface area contributed by atoms with Gasteiger partial charge in [0.2, 0.25) is 0 Å². The zero-order valence-electron chi connectivity index (χ0n) is 8.12. The zero-order valence-corrected chi connectivity index (χ0v) is 8.88. The predicted octanol–water partition coefficient (Wildman–Crippen LogP) is 2.94. The average Bonchev–Trinajstić information content (AvgIpc) is 2.17.